The number of nitrogens with zero attached hydrogens (tertiary/aromatic N) is 1. The largest absolute Gasteiger partial charge is 0.359 e. The Labute approximate surface area is 103 Å². The van der Waals surface area contributed by atoms with E-state index in [-0.39, 0.29) is 17.7 Å². The van der Waals surface area contributed by atoms with Crippen LogP contribution in [0, 0.1) is 5.92 Å². The lowest BCUT2D eigenvalue weighted by atomic mass is 10.1. The quantitative estimate of drug-likeness (QED) is 0.232. The summed E-state index contributed by atoms with van der Waals surface area (Å²) in [6.07, 6.45) is 2.18. The molecule has 0 aliphatic heterocycles. The fourth-order valence-electron chi connectivity index (χ4n) is 1.63. The molecule has 0 saturated heterocycles. The molecule has 0 radical (unpaired) electrons. The minimum Gasteiger partial charge on any atom is -0.359 e. The van der Waals surface area contributed by atoms with Crippen LogP contribution in [-0.2, 0) is 9.59 Å². The van der Waals surface area contributed by atoms with Crippen molar-refractivity contribution in [3.8, 4) is 0 Å². The molecule has 1 unspecified atom stereocenters. The van der Waals surface area contributed by atoms with Crippen molar-refractivity contribution >= 4 is 11.8 Å². The first-order valence-electron chi connectivity index (χ1n) is 5.90. The minimum atomic E-state index is -0.133. The molecule has 17 heavy (non-hydrogen) atoms. The summed E-state index contributed by atoms with van der Waals surface area (Å²) in [4.78, 5) is 24.3. The maximum Gasteiger partial charge on any atom is 0.233 e. The molecule has 0 heterocycles. The van der Waals surface area contributed by atoms with Gasteiger partial charge in [0.15, 0.2) is 0 Å². The van der Waals surface area contributed by atoms with Gasteiger partial charge >= 0.3 is 0 Å². The van der Waals surface area contributed by atoms with Crippen LogP contribution >= 0.6 is 0 Å². The van der Waals surface area contributed by atoms with Crippen LogP contribution in [0.2, 0.25) is 0 Å². The van der Waals surface area contributed by atoms with E-state index in [0.29, 0.717) is 6.42 Å². The van der Waals surface area contributed by atoms with Crippen molar-refractivity contribution in [1.82, 2.24) is 15.6 Å². The number of nitrogens with two attached hydrogens (primary N) is 1. The van der Waals surface area contributed by atoms with E-state index in [2.05, 4.69) is 15.6 Å². The maximum atomic E-state index is 11.3. The van der Waals surface area contributed by atoms with Gasteiger partial charge in [0, 0.05) is 25.9 Å². The molecule has 0 aromatic carbocycles. The molecule has 0 rings (SSSR count). The van der Waals surface area contributed by atoms with Gasteiger partial charge in [-0.05, 0) is 26.4 Å². The van der Waals surface area contributed by atoms with E-state index in [0.717, 1.165) is 25.9 Å². The van der Waals surface area contributed by atoms with E-state index in [1.54, 1.807) is 7.05 Å². The van der Waals surface area contributed by atoms with Gasteiger partial charge < -0.3 is 10.2 Å². The van der Waals surface area contributed by atoms with E-state index < -0.39 is 0 Å². The zero-order chi connectivity index (χ0) is 13.3. The van der Waals surface area contributed by atoms with Gasteiger partial charge in [-0.2, -0.15) is 0 Å². The van der Waals surface area contributed by atoms with E-state index in [4.69, 9.17) is 5.84 Å². The number of amides is 2. The molecule has 0 fully saturated rings. The van der Waals surface area contributed by atoms with Crippen molar-refractivity contribution in [2.45, 2.75) is 26.2 Å². The Kier molecular flexibility index (Phi) is 8.35. The topological polar surface area (TPSA) is 87.5 Å². The van der Waals surface area contributed by atoms with Crippen LogP contribution in [0.5, 0.6) is 0 Å². The van der Waals surface area contributed by atoms with Gasteiger partial charge in [0.05, 0.1) is 0 Å². The summed E-state index contributed by atoms with van der Waals surface area (Å²) in [5.74, 6) is 4.88. The van der Waals surface area contributed by atoms with E-state index in [9.17, 15) is 9.59 Å². The number of nitrogens with one attached hydrogen (secondary N) is 2. The van der Waals surface area contributed by atoms with Gasteiger partial charge in [-0.15, -0.1) is 0 Å². The fourth-order valence-corrected chi connectivity index (χ4v) is 1.63. The Bertz CT molecular complexity index is 246. The second kappa shape index (κ2) is 8.95. The fraction of sp³-hybridized carbons (Fsp3) is 0.818. The van der Waals surface area contributed by atoms with Crippen LogP contribution in [-0.4, -0.2) is 43.9 Å². The van der Waals surface area contributed by atoms with Crippen molar-refractivity contribution in [3.05, 3.63) is 0 Å². The Morgan fingerprint density at radius 1 is 1.35 bits per heavy atom. The highest BCUT2D eigenvalue weighted by Crippen LogP contribution is 2.01. The smallest absolute Gasteiger partial charge is 0.233 e. The summed E-state index contributed by atoms with van der Waals surface area (Å²) in [5, 5.41) is 2.63. The molecule has 0 aromatic rings. The molecule has 0 aliphatic carbocycles. The SMILES string of the molecule is CNC(=O)C(C)CN(C)CCCCC(=O)NN. The van der Waals surface area contributed by atoms with E-state index >= 15 is 0 Å². The first-order chi connectivity index (χ1) is 8.01. The maximum absolute atomic E-state index is 11.3. The van der Waals surface area contributed by atoms with Crippen molar-refractivity contribution in [1.29, 1.82) is 0 Å². The normalized spacial score (nSPS) is 12.3. The van der Waals surface area contributed by atoms with Crippen molar-refractivity contribution in [2.75, 3.05) is 27.2 Å². The van der Waals surface area contributed by atoms with Crippen molar-refractivity contribution in [2.24, 2.45) is 11.8 Å². The summed E-state index contributed by atoms with van der Waals surface area (Å²) in [5.41, 5.74) is 2.10. The molecular weight excluding hydrogens is 220 g/mol. The molecule has 0 aliphatic rings. The molecule has 1 atom stereocenters. The number of carbonyl (C=O) groups excluding carboxylic acids is 2. The average molecular weight is 244 g/mol. The summed E-state index contributed by atoms with van der Waals surface area (Å²) in [7, 11) is 3.62. The first-order valence-corrected chi connectivity index (χ1v) is 5.90. The highest BCUT2D eigenvalue weighted by atomic mass is 16.2. The lowest BCUT2D eigenvalue weighted by Gasteiger charge is -2.20. The molecule has 0 bridgehead atoms. The Hall–Kier alpha value is -1.14. The molecule has 4 N–H and O–H groups in total. The second-order valence-electron chi connectivity index (χ2n) is 4.30. The minimum absolute atomic E-state index is 0.0164. The Morgan fingerprint density at radius 3 is 2.53 bits per heavy atom. The molecule has 100 valence electrons. The molecule has 0 spiro atoms. The van der Waals surface area contributed by atoms with Gasteiger partial charge in [-0.1, -0.05) is 6.92 Å². The van der Waals surface area contributed by atoms with Gasteiger partial charge in [0.25, 0.3) is 0 Å². The van der Waals surface area contributed by atoms with Gasteiger partial charge in [0.1, 0.15) is 0 Å². The van der Waals surface area contributed by atoms with Gasteiger partial charge in [0.2, 0.25) is 11.8 Å². The lowest BCUT2D eigenvalue weighted by Crippen LogP contribution is -2.35. The summed E-state index contributed by atoms with van der Waals surface area (Å²) in [6, 6.07) is 0. The van der Waals surface area contributed by atoms with Crippen LogP contribution in [0.4, 0.5) is 0 Å². The Morgan fingerprint density at radius 2 is 2.00 bits per heavy atom. The number of carbonyl (C=O) groups is 2. The third-order valence-corrected chi connectivity index (χ3v) is 2.63. The van der Waals surface area contributed by atoms with Crippen LogP contribution < -0.4 is 16.6 Å². The van der Waals surface area contributed by atoms with Crippen molar-refractivity contribution in [3.63, 3.8) is 0 Å². The predicted molar refractivity (Wildman–Crippen MR) is 66.9 cm³/mol. The highest BCUT2D eigenvalue weighted by molar-refractivity contribution is 5.78. The Balaban J connectivity index is 3.62. The molecule has 0 saturated carbocycles. The monoisotopic (exact) mass is 244 g/mol. The van der Waals surface area contributed by atoms with E-state index in [1.807, 2.05) is 14.0 Å². The van der Waals surface area contributed by atoms with Crippen LogP contribution in [0.3, 0.4) is 0 Å². The lowest BCUT2D eigenvalue weighted by molar-refractivity contribution is -0.124. The van der Waals surface area contributed by atoms with Crippen LogP contribution in [0.25, 0.3) is 0 Å². The number of hydrogen-bond acceptors (Lipinski definition) is 4. The number of hydrogen-bond donors (Lipinski definition) is 3. The summed E-state index contributed by atoms with van der Waals surface area (Å²) in [6.45, 7) is 3.50. The molecule has 2 amide bonds. The number of unbranched alkanes of at least 4 members (excludes halogenated alkanes) is 1. The average Bonchev–Trinajstić information content (AvgIpc) is 2.32. The zero-order valence-electron chi connectivity index (χ0n) is 11.0. The molecule has 0 aromatic heterocycles. The molecule has 6 heteroatoms. The summed E-state index contributed by atoms with van der Waals surface area (Å²) >= 11 is 0. The van der Waals surface area contributed by atoms with Crippen LogP contribution in [0.15, 0.2) is 0 Å². The number of rotatable bonds is 8. The first kappa shape index (κ1) is 15.9. The van der Waals surface area contributed by atoms with E-state index in [1.165, 1.54) is 0 Å². The zero-order valence-corrected chi connectivity index (χ0v) is 11.0. The molecule has 6 nitrogen and oxygen atoms in total. The highest BCUT2D eigenvalue weighted by Gasteiger charge is 2.13. The standard InChI is InChI=1S/C11H24N4O2/c1-9(11(17)13-2)8-15(3)7-5-4-6-10(16)14-12/h9H,4-8,12H2,1-3H3,(H,13,17)(H,14,16). The van der Waals surface area contributed by atoms with Gasteiger partial charge in [-0.3, -0.25) is 15.0 Å². The summed E-state index contributed by atoms with van der Waals surface area (Å²) < 4.78 is 0. The van der Waals surface area contributed by atoms with Gasteiger partial charge in [-0.25, -0.2) is 5.84 Å². The second-order valence-corrected chi connectivity index (χ2v) is 4.30. The molecular formula is C11H24N4O2. The third kappa shape index (κ3) is 7.70. The van der Waals surface area contributed by atoms with Crippen LogP contribution in [0.1, 0.15) is 26.2 Å². The number of hydrazine groups is 1. The van der Waals surface area contributed by atoms with Crippen molar-refractivity contribution < 1.29 is 9.59 Å². The third-order valence-electron chi connectivity index (χ3n) is 2.63. The predicted octanol–water partition coefficient (Wildman–Crippen LogP) is -0.539.